The summed E-state index contributed by atoms with van der Waals surface area (Å²) >= 11 is 4.99. The molecule has 1 aromatic carbocycles. The molecule has 0 radical (unpaired) electrons. The molecule has 2 rings (SSSR count). The number of carbonyl (C=O) groups excluding carboxylic acids is 1. The third-order valence-corrected chi connectivity index (χ3v) is 5.17. The SMILES string of the molecule is Cc1cc(Br)ccc1SCC(=O)N1CC(CO)OCC1C. The molecule has 1 saturated heterocycles. The molecule has 1 aromatic rings. The maximum atomic E-state index is 12.4. The highest BCUT2D eigenvalue weighted by molar-refractivity contribution is 9.10. The van der Waals surface area contributed by atoms with Crippen LogP contribution in [0.3, 0.4) is 0 Å². The molecule has 116 valence electrons. The number of morpholine rings is 1. The predicted molar refractivity (Wildman–Crippen MR) is 87.6 cm³/mol. The molecule has 1 aliphatic heterocycles. The third kappa shape index (κ3) is 4.45. The van der Waals surface area contributed by atoms with Crippen molar-refractivity contribution < 1.29 is 14.6 Å². The van der Waals surface area contributed by atoms with Gasteiger partial charge in [-0.25, -0.2) is 0 Å². The summed E-state index contributed by atoms with van der Waals surface area (Å²) in [6, 6.07) is 6.12. The minimum Gasteiger partial charge on any atom is -0.394 e. The molecule has 21 heavy (non-hydrogen) atoms. The number of aliphatic hydroxyl groups excluding tert-OH is 1. The van der Waals surface area contributed by atoms with Crippen LogP contribution < -0.4 is 0 Å². The minimum absolute atomic E-state index is 0.0462. The van der Waals surface area contributed by atoms with E-state index in [1.807, 2.05) is 36.9 Å². The van der Waals surface area contributed by atoms with Crippen molar-refractivity contribution in [2.24, 2.45) is 0 Å². The van der Waals surface area contributed by atoms with Crippen LogP contribution in [-0.4, -0.2) is 53.6 Å². The second-order valence-electron chi connectivity index (χ2n) is 5.23. The van der Waals surface area contributed by atoms with Gasteiger partial charge in [-0.15, -0.1) is 11.8 Å². The highest BCUT2D eigenvalue weighted by atomic mass is 79.9. The first-order chi connectivity index (χ1) is 10.0. The lowest BCUT2D eigenvalue weighted by atomic mass is 10.2. The second kappa shape index (κ2) is 7.63. The number of ether oxygens (including phenoxy) is 1. The summed E-state index contributed by atoms with van der Waals surface area (Å²) in [7, 11) is 0. The lowest BCUT2D eigenvalue weighted by Crippen LogP contribution is -2.52. The number of aliphatic hydroxyl groups is 1. The highest BCUT2D eigenvalue weighted by Gasteiger charge is 2.29. The van der Waals surface area contributed by atoms with Crippen LogP contribution in [0.5, 0.6) is 0 Å². The van der Waals surface area contributed by atoms with Gasteiger partial charge in [-0.05, 0) is 37.6 Å². The summed E-state index contributed by atoms with van der Waals surface area (Å²) in [4.78, 5) is 15.3. The molecular formula is C15H20BrNO3S. The minimum atomic E-state index is -0.260. The van der Waals surface area contributed by atoms with Crippen molar-refractivity contribution in [3.05, 3.63) is 28.2 Å². The van der Waals surface area contributed by atoms with Crippen LogP contribution in [0.25, 0.3) is 0 Å². The van der Waals surface area contributed by atoms with Gasteiger partial charge in [0.1, 0.15) is 0 Å². The Kier molecular flexibility index (Phi) is 6.10. The van der Waals surface area contributed by atoms with Crippen molar-refractivity contribution >= 4 is 33.6 Å². The number of rotatable bonds is 4. The smallest absolute Gasteiger partial charge is 0.233 e. The monoisotopic (exact) mass is 373 g/mol. The van der Waals surface area contributed by atoms with Crippen molar-refractivity contribution in [3.8, 4) is 0 Å². The standard InChI is InChI=1S/C15H20BrNO3S/c1-10-5-12(16)3-4-14(10)21-9-15(19)17-6-13(7-18)20-8-11(17)2/h3-5,11,13,18H,6-9H2,1-2H3. The molecule has 0 bridgehead atoms. The average Bonchev–Trinajstić information content (AvgIpc) is 2.46. The summed E-state index contributed by atoms with van der Waals surface area (Å²) in [5.41, 5.74) is 1.16. The number of amides is 1. The van der Waals surface area contributed by atoms with Gasteiger partial charge in [-0.1, -0.05) is 15.9 Å². The van der Waals surface area contributed by atoms with Crippen LogP contribution in [0.2, 0.25) is 0 Å². The fourth-order valence-electron chi connectivity index (χ4n) is 2.27. The lowest BCUT2D eigenvalue weighted by molar-refractivity contribution is -0.143. The molecule has 2 atom stereocenters. The molecule has 1 N–H and O–H groups in total. The fraction of sp³-hybridized carbons (Fsp3) is 0.533. The first-order valence-electron chi connectivity index (χ1n) is 6.92. The number of hydrogen-bond acceptors (Lipinski definition) is 4. The molecule has 1 fully saturated rings. The number of halogens is 1. The fourth-order valence-corrected chi connectivity index (χ4v) is 3.64. The van der Waals surface area contributed by atoms with E-state index in [0.717, 1.165) is 14.9 Å². The van der Waals surface area contributed by atoms with E-state index in [-0.39, 0.29) is 24.7 Å². The third-order valence-electron chi connectivity index (χ3n) is 3.52. The second-order valence-corrected chi connectivity index (χ2v) is 7.16. The zero-order valence-electron chi connectivity index (χ0n) is 12.2. The van der Waals surface area contributed by atoms with E-state index >= 15 is 0 Å². The summed E-state index contributed by atoms with van der Waals surface area (Å²) in [6.07, 6.45) is -0.260. The van der Waals surface area contributed by atoms with Crippen molar-refractivity contribution in [2.75, 3.05) is 25.5 Å². The van der Waals surface area contributed by atoms with Crippen LogP contribution >= 0.6 is 27.7 Å². The molecule has 2 unspecified atom stereocenters. The molecule has 0 aliphatic carbocycles. The molecule has 1 heterocycles. The Morgan fingerprint density at radius 2 is 2.33 bits per heavy atom. The Hall–Kier alpha value is -0.560. The van der Waals surface area contributed by atoms with E-state index < -0.39 is 0 Å². The molecule has 0 aromatic heterocycles. The van der Waals surface area contributed by atoms with Crippen molar-refractivity contribution in [2.45, 2.75) is 30.9 Å². The van der Waals surface area contributed by atoms with Gasteiger partial charge in [-0.3, -0.25) is 4.79 Å². The number of hydrogen-bond donors (Lipinski definition) is 1. The van der Waals surface area contributed by atoms with Gasteiger partial charge in [0.25, 0.3) is 0 Å². The van der Waals surface area contributed by atoms with Gasteiger partial charge in [0.15, 0.2) is 0 Å². The summed E-state index contributed by atoms with van der Waals surface area (Å²) in [6.45, 7) is 4.92. The van der Waals surface area contributed by atoms with E-state index in [1.165, 1.54) is 0 Å². The Morgan fingerprint density at radius 3 is 3.00 bits per heavy atom. The van der Waals surface area contributed by atoms with E-state index in [9.17, 15) is 9.90 Å². The molecule has 4 nitrogen and oxygen atoms in total. The Bertz CT molecular complexity index is 512. The van der Waals surface area contributed by atoms with E-state index in [4.69, 9.17) is 4.74 Å². The summed E-state index contributed by atoms with van der Waals surface area (Å²) in [5.74, 6) is 0.502. The number of nitrogens with zero attached hydrogens (tertiary/aromatic N) is 1. The molecule has 0 saturated carbocycles. The quantitative estimate of drug-likeness (QED) is 0.823. The van der Waals surface area contributed by atoms with Crippen LogP contribution in [0.15, 0.2) is 27.6 Å². The predicted octanol–water partition coefficient (Wildman–Crippen LogP) is 2.46. The number of benzene rings is 1. The van der Waals surface area contributed by atoms with Gasteiger partial charge in [0.05, 0.1) is 31.1 Å². The van der Waals surface area contributed by atoms with E-state index in [0.29, 0.717) is 18.9 Å². The van der Waals surface area contributed by atoms with Gasteiger partial charge >= 0.3 is 0 Å². The zero-order chi connectivity index (χ0) is 15.4. The van der Waals surface area contributed by atoms with Crippen LogP contribution in [0, 0.1) is 6.92 Å². The number of thioether (sulfide) groups is 1. The molecule has 0 spiro atoms. The zero-order valence-corrected chi connectivity index (χ0v) is 14.6. The Morgan fingerprint density at radius 1 is 1.57 bits per heavy atom. The number of aryl methyl sites for hydroxylation is 1. The number of carbonyl (C=O) groups is 1. The van der Waals surface area contributed by atoms with Crippen molar-refractivity contribution in [1.82, 2.24) is 4.90 Å². The van der Waals surface area contributed by atoms with Gasteiger partial charge in [-0.2, -0.15) is 0 Å². The van der Waals surface area contributed by atoms with Gasteiger partial charge in [0.2, 0.25) is 5.91 Å². The molecule has 1 aliphatic rings. The van der Waals surface area contributed by atoms with E-state index in [1.54, 1.807) is 11.8 Å². The molecular weight excluding hydrogens is 354 g/mol. The van der Waals surface area contributed by atoms with Gasteiger partial charge < -0.3 is 14.7 Å². The normalized spacial score (nSPS) is 22.4. The maximum Gasteiger partial charge on any atom is 0.233 e. The topological polar surface area (TPSA) is 49.8 Å². The first kappa shape index (κ1) is 16.8. The maximum absolute atomic E-state index is 12.4. The molecule has 1 amide bonds. The summed E-state index contributed by atoms with van der Waals surface area (Å²) < 4.78 is 6.50. The van der Waals surface area contributed by atoms with Crippen LogP contribution in [0.1, 0.15) is 12.5 Å². The van der Waals surface area contributed by atoms with Crippen molar-refractivity contribution in [1.29, 1.82) is 0 Å². The Balaban J connectivity index is 1.94. The van der Waals surface area contributed by atoms with Crippen molar-refractivity contribution in [3.63, 3.8) is 0 Å². The Labute approximate surface area is 138 Å². The summed E-state index contributed by atoms with van der Waals surface area (Å²) in [5, 5.41) is 9.17. The highest BCUT2D eigenvalue weighted by Crippen LogP contribution is 2.26. The van der Waals surface area contributed by atoms with Crippen LogP contribution in [-0.2, 0) is 9.53 Å². The average molecular weight is 374 g/mol. The molecule has 6 heteroatoms. The van der Waals surface area contributed by atoms with Gasteiger partial charge in [0, 0.05) is 15.9 Å². The first-order valence-corrected chi connectivity index (χ1v) is 8.70. The van der Waals surface area contributed by atoms with E-state index in [2.05, 4.69) is 15.9 Å². The van der Waals surface area contributed by atoms with Crippen LogP contribution in [0.4, 0.5) is 0 Å². The largest absolute Gasteiger partial charge is 0.394 e. The lowest BCUT2D eigenvalue weighted by Gasteiger charge is -2.37.